The second-order valence-corrected chi connectivity index (χ2v) is 9.94. The van der Waals surface area contributed by atoms with Crippen LogP contribution in [0.15, 0.2) is 41.3 Å². The molecular weight excluding hydrogens is 465 g/mol. The zero-order valence-corrected chi connectivity index (χ0v) is 18.9. The van der Waals surface area contributed by atoms with E-state index in [1.54, 1.807) is 0 Å². The average Bonchev–Trinajstić information content (AvgIpc) is 3.22. The quantitative estimate of drug-likeness (QED) is 0.497. The maximum Gasteiger partial charge on any atom is 0.260 e. The largest absolute Gasteiger partial charge is 0.296 e. The summed E-state index contributed by atoms with van der Waals surface area (Å²) in [6, 6.07) is 9.85. The van der Waals surface area contributed by atoms with Crippen LogP contribution < -0.4 is 10.0 Å². The smallest absolute Gasteiger partial charge is 0.260 e. The topological polar surface area (TPSA) is 101 Å². The fraction of sp³-hybridized carbons (Fsp3) is 0.250. The van der Waals surface area contributed by atoms with Gasteiger partial charge >= 0.3 is 0 Å². The lowest BCUT2D eigenvalue weighted by Crippen LogP contribution is -2.26. The summed E-state index contributed by atoms with van der Waals surface area (Å²) in [5, 5.41) is 10.7. The van der Waals surface area contributed by atoms with Gasteiger partial charge in [0.15, 0.2) is 17.5 Å². The van der Waals surface area contributed by atoms with Crippen molar-refractivity contribution in [1.29, 1.82) is 0 Å². The maximum absolute atomic E-state index is 14.3. The lowest BCUT2D eigenvalue weighted by atomic mass is 9.85. The number of sulfonamides is 1. The Hall–Kier alpha value is -2.83. The molecule has 2 N–H and O–H groups in total. The van der Waals surface area contributed by atoms with Gasteiger partial charge in [-0.3, -0.25) is 10.1 Å². The number of anilines is 1. The van der Waals surface area contributed by atoms with Crippen LogP contribution in [0.2, 0.25) is 0 Å². The number of hydrogen-bond donors (Lipinski definition) is 2. The molecule has 0 radical (unpaired) electrons. The summed E-state index contributed by atoms with van der Waals surface area (Å²) in [5.41, 5.74) is -0.597. The molecule has 1 heterocycles. The van der Waals surface area contributed by atoms with Gasteiger partial charge in [-0.25, -0.2) is 26.3 Å². The van der Waals surface area contributed by atoms with Crippen LogP contribution in [-0.4, -0.2) is 31.1 Å². The highest BCUT2D eigenvalue weighted by Gasteiger charge is 2.31. The zero-order chi connectivity index (χ0) is 23.7. The lowest BCUT2D eigenvalue weighted by Gasteiger charge is -2.21. The van der Waals surface area contributed by atoms with E-state index in [0.717, 1.165) is 16.9 Å². The Morgan fingerprint density at radius 3 is 2.34 bits per heavy atom. The summed E-state index contributed by atoms with van der Waals surface area (Å²) < 4.78 is 68.5. The Balaban J connectivity index is 1.93. The molecule has 2 aromatic carbocycles. The predicted molar refractivity (Wildman–Crippen MR) is 114 cm³/mol. The highest BCUT2D eigenvalue weighted by molar-refractivity contribution is 7.89. The van der Waals surface area contributed by atoms with E-state index in [1.165, 1.54) is 6.92 Å². The fourth-order valence-corrected chi connectivity index (χ4v) is 4.88. The molecule has 0 unspecified atom stereocenters. The second kappa shape index (κ2) is 8.96. The number of aromatic nitrogens is 2. The van der Waals surface area contributed by atoms with Crippen molar-refractivity contribution in [1.82, 2.24) is 14.9 Å². The summed E-state index contributed by atoms with van der Waals surface area (Å²) in [6.07, 6.45) is 0. The van der Waals surface area contributed by atoms with Gasteiger partial charge in [0.1, 0.15) is 9.90 Å². The average molecular weight is 485 g/mol. The van der Waals surface area contributed by atoms with E-state index in [4.69, 9.17) is 0 Å². The van der Waals surface area contributed by atoms with Gasteiger partial charge in [-0.05, 0) is 25.5 Å². The third kappa shape index (κ3) is 4.52. The van der Waals surface area contributed by atoms with E-state index in [2.05, 4.69) is 15.5 Å². The van der Waals surface area contributed by atoms with Gasteiger partial charge < -0.3 is 0 Å². The van der Waals surface area contributed by atoms with E-state index >= 15 is 0 Å². The molecule has 1 amide bonds. The van der Waals surface area contributed by atoms with Gasteiger partial charge in [0.05, 0.1) is 5.56 Å². The minimum absolute atomic E-state index is 0.0192. The molecule has 1 aromatic heterocycles. The van der Waals surface area contributed by atoms with Crippen molar-refractivity contribution in [3.63, 3.8) is 0 Å². The monoisotopic (exact) mass is 484 g/mol. The summed E-state index contributed by atoms with van der Waals surface area (Å²) >= 11 is 1.01. The van der Waals surface area contributed by atoms with Crippen LogP contribution in [0.5, 0.6) is 0 Å². The lowest BCUT2D eigenvalue weighted by molar-refractivity contribution is 0.102. The standard InChI is InChI=1S/C20H19F3N4O3S2/c1-4-24-32(29,30)13-10-12(14(21)16(23)15(13)22)17(28)25-19-27-26-18(31-19)20(2,3)11-8-6-5-7-9-11/h5-10,24H,4H2,1-3H3,(H,25,27,28). The van der Waals surface area contributed by atoms with Crippen LogP contribution in [0.25, 0.3) is 0 Å². The molecule has 3 aromatic rings. The number of benzene rings is 2. The molecule has 0 aliphatic heterocycles. The minimum atomic E-state index is -4.49. The minimum Gasteiger partial charge on any atom is -0.296 e. The summed E-state index contributed by atoms with van der Waals surface area (Å²) in [5.74, 6) is -7.00. The first-order valence-corrected chi connectivity index (χ1v) is 11.7. The predicted octanol–water partition coefficient (Wildman–Crippen LogP) is 3.83. The van der Waals surface area contributed by atoms with E-state index < -0.39 is 49.3 Å². The van der Waals surface area contributed by atoms with E-state index in [1.807, 2.05) is 48.9 Å². The molecule has 0 aliphatic carbocycles. The number of halogens is 3. The van der Waals surface area contributed by atoms with Gasteiger partial charge in [-0.1, -0.05) is 48.6 Å². The normalized spacial score (nSPS) is 12.1. The molecular formula is C20H19F3N4O3S2. The molecule has 0 atom stereocenters. The summed E-state index contributed by atoms with van der Waals surface area (Å²) in [4.78, 5) is 11.4. The van der Waals surface area contributed by atoms with Crippen LogP contribution in [0.1, 0.15) is 41.7 Å². The van der Waals surface area contributed by atoms with Crippen LogP contribution in [-0.2, 0) is 15.4 Å². The molecule has 32 heavy (non-hydrogen) atoms. The van der Waals surface area contributed by atoms with Gasteiger partial charge in [0.2, 0.25) is 15.2 Å². The van der Waals surface area contributed by atoms with Crippen LogP contribution in [0, 0.1) is 17.5 Å². The highest BCUT2D eigenvalue weighted by atomic mass is 32.2. The molecule has 12 heteroatoms. The molecule has 7 nitrogen and oxygen atoms in total. The van der Waals surface area contributed by atoms with E-state index in [-0.39, 0.29) is 11.7 Å². The second-order valence-electron chi connectivity index (χ2n) is 7.22. The Morgan fingerprint density at radius 2 is 1.72 bits per heavy atom. The fourth-order valence-electron chi connectivity index (χ4n) is 2.88. The third-order valence-electron chi connectivity index (χ3n) is 4.66. The van der Waals surface area contributed by atoms with Crippen molar-refractivity contribution in [2.75, 3.05) is 11.9 Å². The van der Waals surface area contributed by atoms with Gasteiger partial charge in [0, 0.05) is 12.0 Å². The SMILES string of the molecule is CCNS(=O)(=O)c1cc(C(=O)Nc2nnc(C(C)(C)c3ccccc3)s2)c(F)c(F)c1F. The van der Waals surface area contributed by atoms with Crippen molar-refractivity contribution >= 4 is 32.4 Å². The number of carbonyl (C=O) groups excluding carboxylic acids is 1. The Bertz CT molecular complexity index is 1260. The third-order valence-corrected chi connectivity index (χ3v) is 7.36. The van der Waals surface area contributed by atoms with Crippen LogP contribution in [0.3, 0.4) is 0 Å². The molecule has 0 spiro atoms. The number of rotatable bonds is 7. The van der Waals surface area contributed by atoms with Crippen molar-refractivity contribution in [2.45, 2.75) is 31.1 Å². The van der Waals surface area contributed by atoms with Crippen molar-refractivity contribution < 1.29 is 26.4 Å². The van der Waals surface area contributed by atoms with Crippen molar-refractivity contribution in [2.24, 2.45) is 0 Å². The zero-order valence-electron chi connectivity index (χ0n) is 17.2. The van der Waals surface area contributed by atoms with Gasteiger partial charge in [0.25, 0.3) is 5.91 Å². The number of nitrogens with one attached hydrogen (secondary N) is 2. The number of hydrogen-bond acceptors (Lipinski definition) is 6. The van der Waals surface area contributed by atoms with Crippen LogP contribution in [0.4, 0.5) is 18.3 Å². The summed E-state index contributed by atoms with van der Waals surface area (Å²) in [7, 11) is -4.49. The first-order valence-electron chi connectivity index (χ1n) is 9.37. The number of amides is 1. The Labute approximate surface area is 186 Å². The van der Waals surface area contributed by atoms with Crippen LogP contribution >= 0.6 is 11.3 Å². The highest BCUT2D eigenvalue weighted by Crippen LogP contribution is 2.34. The Kier molecular flexibility index (Phi) is 6.67. The molecule has 0 aliphatic rings. The summed E-state index contributed by atoms with van der Waals surface area (Å²) in [6.45, 7) is 5.11. The van der Waals surface area contributed by atoms with Crippen molar-refractivity contribution in [3.8, 4) is 0 Å². The molecule has 0 bridgehead atoms. The van der Waals surface area contributed by atoms with Crippen molar-refractivity contribution in [3.05, 3.63) is 70.0 Å². The first-order chi connectivity index (χ1) is 15.0. The Morgan fingerprint density at radius 1 is 1.06 bits per heavy atom. The molecule has 3 rings (SSSR count). The van der Waals surface area contributed by atoms with Gasteiger partial charge in [-0.2, -0.15) is 0 Å². The number of carbonyl (C=O) groups is 1. The molecule has 170 valence electrons. The van der Waals surface area contributed by atoms with E-state index in [9.17, 15) is 26.4 Å². The molecule has 0 saturated heterocycles. The maximum atomic E-state index is 14.3. The molecule has 0 saturated carbocycles. The first kappa shape index (κ1) is 23.8. The van der Waals surface area contributed by atoms with Gasteiger partial charge in [-0.15, -0.1) is 10.2 Å². The van der Waals surface area contributed by atoms with E-state index in [0.29, 0.717) is 11.1 Å². The molecule has 0 fully saturated rings. The number of nitrogens with zero attached hydrogens (tertiary/aromatic N) is 2.